The number of sulfonamides is 1. The van der Waals surface area contributed by atoms with Gasteiger partial charge >= 0.3 is 5.97 Å². The number of ether oxygens (including phenoxy) is 1. The molecule has 0 unspecified atom stereocenters. The second-order valence-electron chi connectivity index (χ2n) is 4.89. The molecule has 0 saturated heterocycles. The van der Waals surface area contributed by atoms with Crippen molar-refractivity contribution in [3.63, 3.8) is 0 Å². The summed E-state index contributed by atoms with van der Waals surface area (Å²) in [6.07, 6.45) is 3.76. The fraction of sp³-hybridized carbons (Fsp3) is 0.545. The number of hydrogen-bond acceptors (Lipinski definition) is 7. The Kier molecular flexibility index (Phi) is 5.01. The first-order chi connectivity index (χ1) is 9.13. The van der Waals surface area contributed by atoms with Gasteiger partial charge in [0, 0.05) is 12.1 Å². The highest BCUT2D eigenvalue weighted by Crippen LogP contribution is 2.07. The monoisotopic (exact) mass is 302 g/mol. The summed E-state index contributed by atoms with van der Waals surface area (Å²) in [5.41, 5.74) is -0.581. The lowest BCUT2D eigenvalue weighted by molar-refractivity contribution is 0.0593. The number of rotatable bonds is 6. The van der Waals surface area contributed by atoms with Crippen LogP contribution < -0.4 is 10.0 Å². The standard InChI is InChI=1S/C11H18N4O4S/c1-11(2,15-20(4,17)18)7-14-9-6-12-8(5-13-9)10(16)19-3/h5-6,15H,7H2,1-4H3,(H,13,14). The van der Waals surface area contributed by atoms with Gasteiger partial charge < -0.3 is 10.1 Å². The van der Waals surface area contributed by atoms with E-state index < -0.39 is 21.5 Å². The Morgan fingerprint density at radius 2 is 2.00 bits per heavy atom. The number of hydrogen-bond donors (Lipinski definition) is 2. The molecule has 2 N–H and O–H groups in total. The van der Waals surface area contributed by atoms with E-state index in [1.807, 2.05) is 0 Å². The van der Waals surface area contributed by atoms with Gasteiger partial charge in [0.1, 0.15) is 5.82 Å². The number of nitrogens with one attached hydrogen (secondary N) is 2. The molecule has 1 aromatic heterocycles. The van der Waals surface area contributed by atoms with Gasteiger partial charge in [-0.05, 0) is 13.8 Å². The van der Waals surface area contributed by atoms with Gasteiger partial charge in [0.25, 0.3) is 0 Å². The zero-order valence-electron chi connectivity index (χ0n) is 11.8. The van der Waals surface area contributed by atoms with Crippen molar-refractivity contribution in [2.75, 3.05) is 25.2 Å². The molecule has 9 heteroatoms. The van der Waals surface area contributed by atoms with Crippen LogP contribution in [0.15, 0.2) is 12.4 Å². The lowest BCUT2D eigenvalue weighted by atomic mass is 10.1. The topological polar surface area (TPSA) is 110 Å². The average Bonchev–Trinajstić information content (AvgIpc) is 2.33. The third-order valence-corrected chi connectivity index (χ3v) is 3.14. The molecular weight excluding hydrogens is 284 g/mol. The molecule has 0 atom stereocenters. The SMILES string of the molecule is COC(=O)c1cnc(NCC(C)(C)NS(C)(=O)=O)cn1. The number of nitrogens with zero attached hydrogens (tertiary/aromatic N) is 2. The summed E-state index contributed by atoms with van der Waals surface area (Å²) in [5, 5.41) is 2.94. The summed E-state index contributed by atoms with van der Waals surface area (Å²) in [4.78, 5) is 19.1. The fourth-order valence-electron chi connectivity index (χ4n) is 1.48. The zero-order valence-corrected chi connectivity index (χ0v) is 12.6. The fourth-order valence-corrected chi connectivity index (χ4v) is 2.55. The van der Waals surface area contributed by atoms with Gasteiger partial charge in [-0.15, -0.1) is 0 Å². The van der Waals surface area contributed by atoms with Crippen LogP contribution in [-0.4, -0.2) is 49.8 Å². The van der Waals surface area contributed by atoms with Crippen LogP contribution >= 0.6 is 0 Å². The largest absolute Gasteiger partial charge is 0.464 e. The molecule has 1 aromatic rings. The van der Waals surface area contributed by atoms with Gasteiger partial charge in [-0.25, -0.2) is 27.9 Å². The van der Waals surface area contributed by atoms with Crippen LogP contribution in [0, 0.1) is 0 Å². The van der Waals surface area contributed by atoms with Crippen LogP contribution in [0.4, 0.5) is 5.82 Å². The molecule has 0 fully saturated rings. The quantitative estimate of drug-likeness (QED) is 0.712. The van der Waals surface area contributed by atoms with Gasteiger partial charge in [-0.2, -0.15) is 0 Å². The maximum Gasteiger partial charge on any atom is 0.358 e. The number of methoxy groups -OCH3 is 1. The molecule has 1 heterocycles. The molecule has 0 aromatic carbocycles. The molecule has 20 heavy (non-hydrogen) atoms. The predicted octanol–water partition coefficient (Wildman–Crippen LogP) is 0.00290. The minimum Gasteiger partial charge on any atom is -0.464 e. The van der Waals surface area contributed by atoms with Crippen molar-refractivity contribution < 1.29 is 17.9 Å². The van der Waals surface area contributed by atoms with E-state index in [2.05, 4.69) is 24.7 Å². The Morgan fingerprint density at radius 3 is 2.45 bits per heavy atom. The molecule has 0 aliphatic heterocycles. The van der Waals surface area contributed by atoms with E-state index >= 15 is 0 Å². The molecule has 8 nitrogen and oxygen atoms in total. The van der Waals surface area contributed by atoms with Gasteiger partial charge in [0.05, 0.1) is 25.8 Å². The Labute approximate surface area is 118 Å². The highest BCUT2D eigenvalue weighted by molar-refractivity contribution is 7.88. The van der Waals surface area contributed by atoms with E-state index in [0.717, 1.165) is 6.26 Å². The van der Waals surface area contributed by atoms with Crippen molar-refractivity contribution >= 4 is 21.8 Å². The third kappa shape index (κ3) is 5.49. The number of anilines is 1. The molecule has 0 amide bonds. The zero-order chi connectivity index (χ0) is 15.4. The molecule has 0 saturated carbocycles. The van der Waals surface area contributed by atoms with Crippen molar-refractivity contribution in [3.05, 3.63) is 18.1 Å². The van der Waals surface area contributed by atoms with Crippen molar-refractivity contribution in [1.82, 2.24) is 14.7 Å². The summed E-state index contributed by atoms with van der Waals surface area (Å²) in [6, 6.07) is 0. The molecular formula is C11H18N4O4S. The van der Waals surface area contributed by atoms with Crippen LogP contribution in [-0.2, 0) is 14.8 Å². The summed E-state index contributed by atoms with van der Waals surface area (Å²) in [6.45, 7) is 3.78. The first kappa shape index (κ1) is 16.3. The van der Waals surface area contributed by atoms with E-state index in [1.54, 1.807) is 13.8 Å². The van der Waals surface area contributed by atoms with Crippen molar-refractivity contribution in [2.45, 2.75) is 19.4 Å². The van der Waals surface area contributed by atoms with Crippen molar-refractivity contribution in [2.24, 2.45) is 0 Å². The van der Waals surface area contributed by atoms with Crippen LogP contribution in [0.5, 0.6) is 0 Å². The first-order valence-electron chi connectivity index (χ1n) is 5.76. The maximum atomic E-state index is 11.2. The Balaban J connectivity index is 2.64. The lowest BCUT2D eigenvalue weighted by Gasteiger charge is -2.25. The van der Waals surface area contributed by atoms with Gasteiger partial charge in [0.2, 0.25) is 10.0 Å². The van der Waals surface area contributed by atoms with E-state index in [9.17, 15) is 13.2 Å². The van der Waals surface area contributed by atoms with E-state index in [-0.39, 0.29) is 5.69 Å². The molecule has 0 aliphatic rings. The van der Waals surface area contributed by atoms with Gasteiger partial charge in [-0.3, -0.25) is 0 Å². The van der Waals surface area contributed by atoms with Gasteiger partial charge in [0.15, 0.2) is 5.69 Å². The molecule has 0 aliphatic carbocycles. The summed E-state index contributed by atoms with van der Waals surface area (Å²) in [5.74, 6) is -0.135. The summed E-state index contributed by atoms with van der Waals surface area (Å²) < 4.78 is 29.4. The summed E-state index contributed by atoms with van der Waals surface area (Å²) in [7, 11) is -2.04. The van der Waals surface area contributed by atoms with Crippen molar-refractivity contribution in [1.29, 1.82) is 0 Å². The van der Waals surface area contributed by atoms with E-state index in [1.165, 1.54) is 19.5 Å². The second kappa shape index (κ2) is 6.14. The van der Waals surface area contributed by atoms with Crippen LogP contribution in [0.25, 0.3) is 0 Å². The smallest absolute Gasteiger partial charge is 0.358 e. The van der Waals surface area contributed by atoms with Crippen LogP contribution in [0.1, 0.15) is 24.3 Å². The number of carbonyl (C=O) groups is 1. The molecule has 1 rings (SSSR count). The van der Waals surface area contributed by atoms with Crippen LogP contribution in [0.3, 0.4) is 0 Å². The Bertz CT molecular complexity index is 569. The molecule has 0 spiro atoms. The summed E-state index contributed by atoms with van der Waals surface area (Å²) >= 11 is 0. The second-order valence-corrected chi connectivity index (χ2v) is 6.64. The minimum absolute atomic E-state index is 0.103. The van der Waals surface area contributed by atoms with Crippen molar-refractivity contribution in [3.8, 4) is 0 Å². The average molecular weight is 302 g/mol. The number of esters is 1. The molecule has 112 valence electrons. The highest BCUT2D eigenvalue weighted by Gasteiger charge is 2.22. The Hall–Kier alpha value is -1.74. The van der Waals surface area contributed by atoms with Crippen LogP contribution in [0.2, 0.25) is 0 Å². The highest BCUT2D eigenvalue weighted by atomic mass is 32.2. The predicted molar refractivity (Wildman–Crippen MR) is 73.9 cm³/mol. The minimum atomic E-state index is -3.29. The molecule has 0 radical (unpaired) electrons. The van der Waals surface area contributed by atoms with E-state index in [4.69, 9.17) is 0 Å². The first-order valence-corrected chi connectivity index (χ1v) is 7.65. The number of carbonyl (C=O) groups excluding carboxylic acids is 1. The normalized spacial score (nSPS) is 12.0. The van der Waals surface area contributed by atoms with Gasteiger partial charge in [-0.1, -0.05) is 0 Å². The lowest BCUT2D eigenvalue weighted by Crippen LogP contribution is -2.47. The maximum absolute atomic E-state index is 11.2. The Morgan fingerprint density at radius 1 is 1.35 bits per heavy atom. The molecule has 0 bridgehead atoms. The third-order valence-electron chi connectivity index (χ3n) is 2.22. The number of aromatic nitrogens is 2. The van der Waals surface area contributed by atoms with E-state index in [0.29, 0.717) is 12.4 Å².